The van der Waals surface area contributed by atoms with Crippen molar-refractivity contribution in [1.29, 1.82) is 0 Å². The second kappa shape index (κ2) is 8.40. The van der Waals surface area contributed by atoms with Crippen LogP contribution in [0.2, 0.25) is 0 Å². The lowest BCUT2D eigenvalue weighted by Crippen LogP contribution is -2.50. The predicted molar refractivity (Wildman–Crippen MR) is 108 cm³/mol. The van der Waals surface area contributed by atoms with E-state index in [1.54, 1.807) is 0 Å². The van der Waals surface area contributed by atoms with Crippen LogP contribution in [0.15, 0.2) is 70.1 Å². The molecule has 0 bridgehead atoms. The van der Waals surface area contributed by atoms with E-state index in [4.69, 9.17) is 4.52 Å². The first-order valence-electron chi connectivity index (χ1n) is 9.65. The van der Waals surface area contributed by atoms with Gasteiger partial charge in [0.15, 0.2) is 11.5 Å². The summed E-state index contributed by atoms with van der Waals surface area (Å²) in [5, 5.41) is 3.82. The van der Waals surface area contributed by atoms with E-state index in [-0.39, 0.29) is 42.7 Å². The number of halogens is 3. The van der Waals surface area contributed by atoms with Crippen molar-refractivity contribution in [2.45, 2.75) is 11.1 Å². The van der Waals surface area contributed by atoms with Crippen LogP contribution in [-0.4, -0.2) is 54.9 Å². The molecule has 1 amide bonds. The van der Waals surface area contributed by atoms with Gasteiger partial charge in [-0.1, -0.05) is 35.5 Å². The number of aromatic nitrogens is 1. The minimum absolute atomic E-state index is 0.0124. The third-order valence-corrected chi connectivity index (χ3v) is 7.05. The molecule has 0 atom stereocenters. The highest BCUT2D eigenvalue weighted by molar-refractivity contribution is 7.89. The molecule has 2 aromatic carbocycles. The largest absolute Gasteiger partial charge is 0.416 e. The molecule has 0 saturated carbocycles. The second-order valence-electron chi connectivity index (χ2n) is 7.16. The number of nitrogens with zero attached hydrogens (tertiary/aromatic N) is 3. The Hall–Kier alpha value is -3.18. The van der Waals surface area contributed by atoms with Crippen LogP contribution in [0.3, 0.4) is 0 Å². The molecule has 0 unspecified atom stereocenters. The van der Waals surface area contributed by atoms with Crippen molar-refractivity contribution in [1.82, 2.24) is 14.4 Å². The normalized spacial score (nSPS) is 15.7. The van der Waals surface area contributed by atoms with Crippen molar-refractivity contribution in [3.05, 3.63) is 71.9 Å². The fraction of sp³-hybridized carbons (Fsp3) is 0.238. The van der Waals surface area contributed by atoms with E-state index in [2.05, 4.69) is 5.16 Å². The van der Waals surface area contributed by atoms with Gasteiger partial charge in [-0.25, -0.2) is 8.42 Å². The molecular weight excluding hydrogens is 447 g/mol. The number of rotatable bonds is 4. The molecule has 0 aliphatic carbocycles. The maximum absolute atomic E-state index is 12.8. The average Bonchev–Trinajstić information content (AvgIpc) is 3.29. The quantitative estimate of drug-likeness (QED) is 0.589. The number of piperazine rings is 1. The number of hydrogen-bond acceptors (Lipinski definition) is 5. The molecule has 1 fully saturated rings. The highest BCUT2D eigenvalue weighted by Gasteiger charge is 2.33. The van der Waals surface area contributed by atoms with E-state index in [0.717, 1.165) is 34.1 Å². The van der Waals surface area contributed by atoms with Crippen molar-refractivity contribution >= 4 is 15.9 Å². The van der Waals surface area contributed by atoms with Crippen LogP contribution in [0, 0.1) is 0 Å². The zero-order valence-corrected chi connectivity index (χ0v) is 17.4. The SMILES string of the molecule is O=C(c1cc(-c2ccccc2)on1)N1CCN(S(=O)(=O)c2ccc(C(F)(F)F)cc2)CC1. The number of hydrogen-bond donors (Lipinski definition) is 0. The molecule has 7 nitrogen and oxygen atoms in total. The van der Waals surface area contributed by atoms with Gasteiger partial charge >= 0.3 is 6.18 Å². The Kier molecular flexibility index (Phi) is 5.78. The van der Waals surface area contributed by atoms with E-state index in [9.17, 15) is 26.4 Å². The Balaban J connectivity index is 1.41. The molecule has 3 aromatic rings. The first-order valence-corrected chi connectivity index (χ1v) is 11.1. The van der Waals surface area contributed by atoms with E-state index in [0.29, 0.717) is 5.76 Å². The van der Waals surface area contributed by atoms with Gasteiger partial charge in [-0.05, 0) is 24.3 Å². The Labute approximate surface area is 182 Å². The van der Waals surface area contributed by atoms with Crippen molar-refractivity contribution in [3.8, 4) is 11.3 Å². The number of carbonyl (C=O) groups is 1. The van der Waals surface area contributed by atoms with Crippen LogP contribution < -0.4 is 0 Å². The fourth-order valence-electron chi connectivity index (χ4n) is 3.37. The highest BCUT2D eigenvalue weighted by atomic mass is 32.2. The number of sulfonamides is 1. The zero-order valence-electron chi connectivity index (χ0n) is 16.6. The Morgan fingerprint density at radius 1 is 0.938 bits per heavy atom. The Bertz CT molecular complexity index is 1200. The summed E-state index contributed by atoms with van der Waals surface area (Å²) in [5.74, 6) is 0.0555. The van der Waals surface area contributed by atoms with Crippen molar-refractivity contribution in [2.24, 2.45) is 0 Å². The Morgan fingerprint density at radius 2 is 1.56 bits per heavy atom. The lowest BCUT2D eigenvalue weighted by molar-refractivity contribution is -0.137. The molecule has 0 N–H and O–H groups in total. The van der Waals surface area contributed by atoms with Crippen LogP contribution in [0.25, 0.3) is 11.3 Å². The molecule has 1 aliphatic rings. The summed E-state index contributed by atoms with van der Waals surface area (Å²) in [6.45, 7) is 0.259. The maximum atomic E-state index is 12.8. The minimum Gasteiger partial charge on any atom is -0.355 e. The summed E-state index contributed by atoms with van der Waals surface area (Å²) < 4.78 is 70.1. The lowest BCUT2D eigenvalue weighted by Gasteiger charge is -2.33. The molecule has 32 heavy (non-hydrogen) atoms. The molecule has 0 radical (unpaired) electrons. The average molecular weight is 465 g/mol. The van der Waals surface area contributed by atoms with Crippen molar-refractivity contribution in [3.63, 3.8) is 0 Å². The van der Waals surface area contributed by atoms with Gasteiger partial charge in [-0.15, -0.1) is 0 Å². The van der Waals surface area contributed by atoms with E-state index >= 15 is 0 Å². The van der Waals surface area contributed by atoms with Crippen molar-refractivity contribution in [2.75, 3.05) is 26.2 Å². The third kappa shape index (κ3) is 4.39. The minimum atomic E-state index is -4.55. The molecule has 1 aromatic heterocycles. The van der Waals surface area contributed by atoms with Gasteiger partial charge in [0.1, 0.15) is 0 Å². The first-order chi connectivity index (χ1) is 15.2. The molecule has 168 valence electrons. The van der Waals surface area contributed by atoms with Gasteiger partial charge in [-0.3, -0.25) is 4.79 Å². The van der Waals surface area contributed by atoms with Gasteiger partial charge in [0.2, 0.25) is 10.0 Å². The van der Waals surface area contributed by atoms with Gasteiger partial charge in [0, 0.05) is 37.8 Å². The van der Waals surface area contributed by atoms with Crippen LogP contribution in [0.4, 0.5) is 13.2 Å². The fourth-order valence-corrected chi connectivity index (χ4v) is 4.80. The summed E-state index contributed by atoms with van der Waals surface area (Å²) in [7, 11) is -3.98. The number of amides is 1. The number of carbonyl (C=O) groups excluding carboxylic acids is 1. The standard InChI is InChI=1S/C21H18F3N3O4S/c22-21(23,24)16-6-8-17(9-7-16)32(29,30)27-12-10-26(11-13-27)20(28)18-14-19(31-25-18)15-4-2-1-3-5-15/h1-9,14H,10-13H2. The molecule has 11 heteroatoms. The summed E-state index contributed by atoms with van der Waals surface area (Å²) in [6.07, 6.45) is -4.55. The summed E-state index contributed by atoms with van der Waals surface area (Å²) in [6, 6.07) is 14.0. The number of benzene rings is 2. The highest BCUT2D eigenvalue weighted by Crippen LogP contribution is 2.30. The van der Waals surface area contributed by atoms with Crippen LogP contribution in [0.1, 0.15) is 16.1 Å². The molecule has 1 aliphatic heterocycles. The second-order valence-corrected chi connectivity index (χ2v) is 9.10. The summed E-state index contributed by atoms with van der Waals surface area (Å²) >= 11 is 0. The zero-order chi connectivity index (χ0) is 22.9. The topological polar surface area (TPSA) is 83.7 Å². The van der Waals surface area contributed by atoms with Crippen LogP contribution in [0.5, 0.6) is 0 Å². The predicted octanol–water partition coefficient (Wildman–Crippen LogP) is 3.51. The van der Waals surface area contributed by atoms with Gasteiger partial charge in [-0.2, -0.15) is 17.5 Å². The molecule has 1 saturated heterocycles. The van der Waals surface area contributed by atoms with Gasteiger partial charge in [0.25, 0.3) is 5.91 Å². The smallest absolute Gasteiger partial charge is 0.355 e. The van der Waals surface area contributed by atoms with Gasteiger partial charge < -0.3 is 9.42 Å². The molecule has 2 heterocycles. The third-order valence-electron chi connectivity index (χ3n) is 5.13. The van der Waals surface area contributed by atoms with Crippen molar-refractivity contribution < 1.29 is 30.9 Å². The van der Waals surface area contributed by atoms with E-state index < -0.39 is 21.8 Å². The first kappa shape index (κ1) is 22.0. The molecular formula is C21H18F3N3O4S. The summed E-state index contributed by atoms with van der Waals surface area (Å²) in [4.78, 5) is 14.0. The van der Waals surface area contributed by atoms with E-state index in [1.807, 2.05) is 30.3 Å². The summed E-state index contributed by atoms with van der Waals surface area (Å²) in [5.41, 5.74) is -0.0382. The molecule has 4 rings (SSSR count). The lowest BCUT2D eigenvalue weighted by atomic mass is 10.1. The monoisotopic (exact) mass is 465 g/mol. The Morgan fingerprint density at radius 3 is 2.16 bits per heavy atom. The molecule has 0 spiro atoms. The van der Waals surface area contributed by atoms with Crippen LogP contribution in [-0.2, 0) is 16.2 Å². The maximum Gasteiger partial charge on any atom is 0.416 e. The van der Waals surface area contributed by atoms with E-state index in [1.165, 1.54) is 11.0 Å². The van der Waals surface area contributed by atoms with Gasteiger partial charge in [0.05, 0.1) is 10.5 Å². The van der Waals surface area contributed by atoms with Crippen LogP contribution >= 0.6 is 0 Å². The number of alkyl halides is 3.